The Balaban J connectivity index is 2.01. The smallest absolute Gasteiger partial charge is 0.0585 e. The first kappa shape index (κ1) is 15.9. The fourth-order valence-electron chi connectivity index (χ4n) is 2.61. The topological polar surface area (TPSA) is 41.5 Å². The minimum atomic E-state index is 0.207. The molecule has 1 saturated carbocycles. The van der Waals surface area contributed by atoms with E-state index < -0.39 is 0 Å². The predicted octanol–water partition coefficient (Wildman–Crippen LogP) is 2.72. The number of aliphatic hydroxyl groups is 1. The molecule has 1 aliphatic carbocycles. The molecule has 0 spiro atoms. The van der Waals surface area contributed by atoms with Crippen molar-refractivity contribution in [3.8, 4) is 0 Å². The van der Waals surface area contributed by atoms with Gasteiger partial charge in [0, 0.05) is 19.3 Å². The van der Waals surface area contributed by atoms with E-state index in [1.807, 2.05) is 0 Å². The molecule has 1 aliphatic rings. The SMILES string of the molecule is CCCNC(CO)CCOCC1CCCCCC1. The first-order valence-electron chi connectivity index (χ1n) is 7.78. The first-order chi connectivity index (χ1) is 8.86. The maximum Gasteiger partial charge on any atom is 0.0585 e. The van der Waals surface area contributed by atoms with Crippen molar-refractivity contribution in [3.05, 3.63) is 0 Å². The number of nitrogens with one attached hydrogen (secondary N) is 1. The fourth-order valence-corrected chi connectivity index (χ4v) is 2.61. The van der Waals surface area contributed by atoms with Crippen LogP contribution in [0.5, 0.6) is 0 Å². The molecule has 0 amide bonds. The lowest BCUT2D eigenvalue weighted by Gasteiger charge is -2.18. The van der Waals surface area contributed by atoms with Crippen LogP contribution in [-0.2, 0) is 4.74 Å². The summed E-state index contributed by atoms with van der Waals surface area (Å²) in [5.41, 5.74) is 0. The zero-order valence-corrected chi connectivity index (χ0v) is 12.0. The molecule has 0 saturated heterocycles. The Hall–Kier alpha value is -0.120. The van der Waals surface area contributed by atoms with Gasteiger partial charge in [0.15, 0.2) is 0 Å². The van der Waals surface area contributed by atoms with Gasteiger partial charge in [0.25, 0.3) is 0 Å². The van der Waals surface area contributed by atoms with Crippen molar-refractivity contribution in [2.45, 2.75) is 64.3 Å². The standard InChI is InChI=1S/C15H31NO2/c1-2-10-16-15(12-17)9-11-18-13-14-7-5-3-4-6-8-14/h14-17H,2-13H2,1H3. The number of rotatable bonds is 9. The highest BCUT2D eigenvalue weighted by Gasteiger charge is 2.12. The predicted molar refractivity (Wildman–Crippen MR) is 75.8 cm³/mol. The average Bonchev–Trinajstić information content (AvgIpc) is 2.66. The lowest BCUT2D eigenvalue weighted by molar-refractivity contribution is 0.0808. The molecule has 3 heteroatoms. The summed E-state index contributed by atoms with van der Waals surface area (Å²) < 4.78 is 5.79. The summed E-state index contributed by atoms with van der Waals surface area (Å²) in [6, 6.07) is 0.207. The monoisotopic (exact) mass is 257 g/mol. The molecule has 108 valence electrons. The van der Waals surface area contributed by atoms with Crippen LogP contribution in [0.4, 0.5) is 0 Å². The summed E-state index contributed by atoms with van der Waals surface area (Å²) in [5, 5.41) is 12.6. The molecule has 0 aromatic heterocycles. The highest BCUT2D eigenvalue weighted by atomic mass is 16.5. The van der Waals surface area contributed by atoms with Gasteiger partial charge in [-0.05, 0) is 38.1 Å². The first-order valence-corrected chi connectivity index (χ1v) is 7.78. The summed E-state index contributed by atoms with van der Waals surface area (Å²) >= 11 is 0. The van der Waals surface area contributed by atoms with Gasteiger partial charge in [0.2, 0.25) is 0 Å². The van der Waals surface area contributed by atoms with E-state index in [1.165, 1.54) is 38.5 Å². The van der Waals surface area contributed by atoms with Crippen LogP contribution < -0.4 is 5.32 Å². The van der Waals surface area contributed by atoms with Gasteiger partial charge in [-0.3, -0.25) is 0 Å². The molecular formula is C15H31NO2. The molecule has 1 fully saturated rings. The number of ether oxygens (including phenoxy) is 1. The lowest BCUT2D eigenvalue weighted by atomic mass is 10.0. The summed E-state index contributed by atoms with van der Waals surface area (Å²) in [6.07, 6.45) is 10.3. The maximum absolute atomic E-state index is 9.22. The van der Waals surface area contributed by atoms with Gasteiger partial charge in [-0.2, -0.15) is 0 Å². The van der Waals surface area contributed by atoms with Crippen LogP contribution in [0, 0.1) is 5.92 Å². The van der Waals surface area contributed by atoms with E-state index in [4.69, 9.17) is 4.74 Å². The Morgan fingerprint density at radius 2 is 1.94 bits per heavy atom. The Morgan fingerprint density at radius 1 is 1.22 bits per heavy atom. The molecule has 1 atom stereocenters. The van der Waals surface area contributed by atoms with Crippen molar-refractivity contribution in [3.63, 3.8) is 0 Å². The molecule has 1 unspecified atom stereocenters. The fraction of sp³-hybridized carbons (Fsp3) is 1.00. The molecule has 0 radical (unpaired) electrons. The quantitative estimate of drug-likeness (QED) is 0.493. The van der Waals surface area contributed by atoms with E-state index >= 15 is 0 Å². The van der Waals surface area contributed by atoms with E-state index in [0.717, 1.165) is 38.5 Å². The minimum Gasteiger partial charge on any atom is -0.395 e. The number of aliphatic hydroxyl groups excluding tert-OH is 1. The molecule has 1 rings (SSSR count). The van der Waals surface area contributed by atoms with E-state index in [9.17, 15) is 5.11 Å². The molecule has 3 nitrogen and oxygen atoms in total. The molecule has 0 aliphatic heterocycles. The van der Waals surface area contributed by atoms with E-state index in [0.29, 0.717) is 0 Å². The molecule has 0 aromatic rings. The minimum absolute atomic E-state index is 0.207. The van der Waals surface area contributed by atoms with Crippen molar-refractivity contribution in [1.82, 2.24) is 5.32 Å². The second-order valence-corrected chi connectivity index (χ2v) is 5.55. The summed E-state index contributed by atoms with van der Waals surface area (Å²) in [4.78, 5) is 0. The molecule has 18 heavy (non-hydrogen) atoms. The van der Waals surface area contributed by atoms with Gasteiger partial charge in [0.05, 0.1) is 6.61 Å². The van der Waals surface area contributed by atoms with Crippen LogP contribution in [0.3, 0.4) is 0 Å². The van der Waals surface area contributed by atoms with Gasteiger partial charge >= 0.3 is 0 Å². The van der Waals surface area contributed by atoms with Crippen LogP contribution in [0.25, 0.3) is 0 Å². The van der Waals surface area contributed by atoms with Crippen LogP contribution in [0.15, 0.2) is 0 Å². The third-order valence-corrected chi connectivity index (χ3v) is 3.84. The van der Waals surface area contributed by atoms with Gasteiger partial charge in [-0.25, -0.2) is 0 Å². The van der Waals surface area contributed by atoms with Crippen LogP contribution in [0.1, 0.15) is 58.3 Å². The maximum atomic E-state index is 9.22. The zero-order valence-electron chi connectivity index (χ0n) is 12.0. The van der Waals surface area contributed by atoms with Crippen molar-refractivity contribution in [2.75, 3.05) is 26.4 Å². The third-order valence-electron chi connectivity index (χ3n) is 3.84. The Bertz CT molecular complexity index is 179. The summed E-state index contributed by atoms with van der Waals surface area (Å²) in [6.45, 7) is 5.04. The van der Waals surface area contributed by atoms with Gasteiger partial charge in [-0.1, -0.05) is 32.6 Å². The van der Waals surface area contributed by atoms with Crippen LogP contribution in [-0.4, -0.2) is 37.5 Å². The van der Waals surface area contributed by atoms with Gasteiger partial charge in [-0.15, -0.1) is 0 Å². The van der Waals surface area contributed by atoms with Gasteiger partial charge in [0.1, 0.15) is 0 Å². The zero-order chi connectivity index (χ0) is 13.1. The normalized spacial score (nSPS) is 19.7. The summed E-state index contributed by atoms with van der Waals surface area (Å²) in [7, 11) is 0. The third kappa shape index (κ3) is 7.34. The van der Waals surface area contributed by atoms with Crippen molar-refractivity contribution in [1.29, 1.82) is 0 Å². The van der Waals surface area contributed by atoms with E-state index in [-0.39, 0.29) is 12.6 Å². The lowest BCUT2D eigenvalue weighted by Crippen LogP contribution is -2.34. The second-order valence-electron chi connectivity index (χ2n) is 5.55. The van der Waals surface area contributed by atoms with Crippen molar-refractivity contribution in [2.24, 2.45) is 5.92 Å². The Labute approximate surface area is 112 Å². The molecule has 2 N–H and O–H groups in total. The highest BCUT2D eigenvalue weighted by Crippen LogP contribution is 2.22. The van der Waals surface area contributed by atoms with Gasteiger partial charge < -0.3 is 15.2 Å². The van der Waals surface area contributed by atoms with Crippen molar-refractivity contribution < 1.29 is 9.84 Å². The Morgan fingerprint density at radius 3 is 2.56 bits per heavy atom. The largest absolute Gasteiger partial charge is 0.395 e. The highest BCUT2D eigenvalue weighted by molar-refractivity contribution is 4.66. The Kier molecular flexibility index (Phi) is 9.54. The molecular weight excluding hydrogens is 226 g/mol. The summed E-state index contributed by atoms with van der Waals surface area (Å²) in [5.74, 6) is 0.781. The number of hydrogen-bond acceptors (Lipinski definition) is 3. The van der Waals surface area contributed by atoms with E-state index in [1.54, 1.807) is 0 Å². The van der Waals surface area contributed by atoms with Crippen LogP contribution in [0.2, 0.25) is 0 Å². The molecule has 0 aromatic carbocycles. The van der Waals surface area contributed by atoms with E-state index in [2.05, 4.69) is 12.2 Å². The van der Waals surface area contributed by atoms with Crippen LogP contribution >= 0.6 is 0 Å². The van der Waals surface area contributed by atoms with Crippen molar-refractivity contribution >= 4 is 0 Å². The molecule has 0 bridgehead atoms. The number of hydrogen-bond donors (Lipinski definition) is 2. The average molecular weight is 257 g/mol. The second kappa shape index (κ2) is 10.8. The molecule has 0 heterocycles.